The average Bonchev–Trinajstić information content (AvgIpc) is 3.04. The lowest BCUT2D eigenvalue weighted by Gasteiger charge is -2.31. The van der Waals surface area contributed by atoms with E-state index in [0.29, 0.717) is 31.9 Å². The first kappa shape index (κ1) is 22.2. The standard InChI is InChI=1S/C23H22Br2N2O4/c24-17-5-1-15(2-6-17)20-19(21(28)16-3-7-18(25)8-4-16)22(29)23(30)27(20)10-9-26-11-13-31-14-12-26/h1-8,20,28H,9-14H2/t20-/m1/s1. The summed E-state index contributed by atoms with van der Waals surface area (Å²) in [7, 11) is 0. The van der Waals surface area contributed by atoms with Crippen molar-refractivity contribution in [2.24, 2.45) is 0 Å². The topological polar surface area (TPSA) is 70.1 Å². The van der Waals surface area contributed by atoms with Gasteiger partial charge in [-0.15, -0.1) is 0 Å². The number of rotatable bonds is 5. The number of benzene rings is 2. The molecule has 2 fully saturated rings. The van der Waals surface area contributed by atoms with Crippen molar-refractivity contribution in [2.45, 2.75) is 6.04 Å². The van der Waals surface area contributed by atoms with Crippen LogP contribution in [0.5, 0.6) is 0 Å². The molecule has 0 aromatic heterocycles. The van der Waals surface area contributed by atoms with Crippen LogP contribution in [0.2, 0.25) is 0 Å². The number of ketones is 1. The molecule has 0 aliphatic carbocycles. The highest BCUT2D eigenvalue weighted by atomic mass is 79.9. The molecule has 8 heteroatoms. The van der Waals surface area contributed by atoms with Crippen molar-refractivity contribution in [2.75, 3.05) is 39.4 Å². The van der Waals surface area contributed by atoms with Crippen LogP contribution in [0.3, 0.4) is 0 Å². The Morgan fingerprint density at radius 3 is 2.13 bits per heavy atom. The van der Waals surface area contributed by atoms with Crippen molar-refractivity contribution in [1.82, 2.24) is 9.80 Å². The zero-order chi connectivity index (χ0) is 22.0. The molecule has 2 aromatic carbocycles. The number of amides is 1. The van der Waals surface area contributed by atoms with E-state index in [0.717, 1.165) is 27.6 Å². The summed E-state index contributed by atoms with van der Waals surface area (Å²) in [5.74, 6) is -1.40. The van der Waals surface area contributed by atoms with Crippen molar-refractivity contribution in [3.05, 3.63) is 74.2 Å². The molecule has 0 bridgehead atoms. The largest absolute Gasteiger partial charge is 0.507 e. The number of Topliss-reactive ketones (excluding diaryl/α,β-unsaturated/α-hetero) is 1. The van der Waals surface area contributed by atoms with Crippen LogP contribution in [0.1, 0.15) is 17.2 Å². The van der Waals surface area contributed by atoms with Crippen LogP contribution in [-0.2, 0) is 14.3 Å². The van der Waals surface area contributed by atoms with E-state index >= 15 is 0 Å². The molecular formula is C23H22Br2N2O4. The maximum absolute atomic E-state index is 13.0. The highest BCUT2D eigenvalue weighted by Gasteiger charge is 2.46. The predicted molar refractivity (Wildman–Crippen MR) is 125 cm³/mol. The van der Waals surface area contributed by atoms with Gasteiger partial charge in [0.25, 0.3) is 11.7 Å². The first-order chi connectivity index (χ1) is 15.0. The Morgan fingerprint density at radius 1 is 0.935 bits per heavy atom. The van der Waals surface area contributed by atoms with Crippen molar-refractivity contribution >= 4 is 49.3 Å². The van der Waals surface area contributed by atoms with Crippen molar-refractivity contribution in [3.63, 3.8) is 0 Å². The minimum absolute atomic E-state index is 0.122. The number of aliphatic hydroxyl groups excluding tert-OH is 1. The molecule has 0 spiro atoms. The van der Waals surface area contributed by atoms with Crippen LogP contribution in [0.25, 0.3) is 5.76 Å². The second-order valence-electron chi connectivity index (χ2n) is 7.50. The molecule has 1 atom stereocenters. The highest BCUT2D eigenvalue weighted by molar-refractivity contribution is 9.10. The average molecular weight is 550 g/mol. The fraction of sp³-hybridized carbons (Fsp3) is 0.304. The van der Waals surface area contributed by atoms with Crippen LogP contribution in [0.4, 0.5) is 0 Å². The number of carbonyl (C=O) groups excluding carboxylic acids is 2. The Kier molecular flexibility index (Phi) is 6.91. The SMILES string of the molecule is O=C1C(=O)N(CCN2CCOCC2)[C@H](c2ccc(Br)cc2)C1=C(O)c1ccc(Br)cc1. The van der Waals surface area contributed by atoms with Gasteiger partial charge in [0.15, 0.2) is 0 Å². The van der Waals surface area contributed by atoms with Gasteiger partial charge in [-0.05, 0) is 29.8 Å². The summed E-state index contributed by atoms with van der Waals surface area (Å²) in [4.78, 5) is 29.8. The number of carbonyl (C=O) groups is 2. The molecule has 0 saturated carbocycles. The van der Waals surface area contributed by atoms with Gasteiger partial charge in [-0.2, -0.15) is 0 Å². The second-order valence-corrected chi connectivity index (χ2v) is 9.34. The van der Waals surface area contributed by atoms with E-state index in [4.69, 9.17) is 4.74 Å². The van der Waals surface area contributed by atoms with Crippen LogP contribution in [-0.4, -0.2) is 66.0 Å². The first-order valence-corrected chi connectivity index (χ1v) is 11.6. The summed E-state index contributed by atoms with van der Waals surface area (Å²) in [5.41, 5.74) is 1.40. The third-order valence-corrected chi connectivity index (χ3v) is 6.66. The molecule has 162 valence electrons. The van der Waals surface area contributed by atoms with E-state index in [2.05, 4.69) is 36.8 Å². The normalized spacial score (nSPS) is 21.6. The Hall–Kier alpha value is -2.00. The number of likely N-dealkylation sites (tertiary alicyclic amines) is 1. The van der Waals surface area contributed by atoms with Crippen molar-refractivity contribution in [1.29, 1.82) is 0 Å². The minimum Gasteiger partial charge on any atom is -0.507 e. The van der Waals surface area contributed by atoms with Crippen molar-refractivity contribution < 1.29 is 19.4 Å². The van der Waals surface area contributed by atoms with Gasteiger partial charge in [-0.3, -0.25) is 14.5 Å². The van der Waals surface area contributed by atoms with Crippen LogP contribution in [0, 0.1) is 0 Å². The van der Waals surface area contributed by atoms with Crippen LogP contribution >= 0.6 is 31.9 Å². The smallest absolute Gasteiger partial charge is 0.295 e. The molecule has 1 N–H and O–H groups in total. The maximum atomic E-state index is 13.0. The van der Waals surface area contributed by atoms with Crippen LogP contribution in [0.15, 0.2) is 63.0 Å². The van der Waals surface area contributed by atoms with E-state index < -0.39 is 17.7 Å². The summed E-state index contributed by atoms with van der Waals surface area (Å²) >= 11 is 6.81. The summed E-state index contributed by atoms with van der Waals surface area (Å²) in [5, 5.41) is 11.0. The van der Waals surface area contributed by atoms with E-state index in [1.54, 1.807) is 29.2 Å². The van der Waals surface area contributed by atoms with Gasteiger partial charge in [-0.25, -0.2) is 0 Å². The van der Waals surface area contributed by atoms with E-state index in [-0.39, 0.29) is 11.3 Å². The Balaban J connectivity index is 1.72. The van der Waals surface area contributed by atoms with Crippen LogP contribution < -0.4 is 0 Å². The van der Waals surface area contributed by atoms with Gasteiger partial charge in [0.1, 0.15) is 5.76 Å². The Bertz CT molecular complexity index is 999. The number of hydrogen-bond acceptors (Lipinski definition) is 5. The number of ether oxygens (including phenoxy) is 1. The molecule has 2 aliphatic heterocycles. The molecule has 0 radical (unpaired) electrons. The quantitative estimate of drug-likeness (QED) is 0.347. The lowest BCUT2D eigenvalue weighted by Crippen LogP contribution is -2.42. The lowest BCUT2D eigenvalue weighted by atomic mass is 9.95. The third kappa shape index (κ3) is 4.77. The third-order valence-electron chi connectivity index (χ3n) is 5.60. The minimum atomic E-state index is -0.657. The number of hydrogen-bond donors (Lipinski definition) is 1. The highest BCUT2D eigenvalue weighted by Crippen LogP contribution is 2.39. The van der Waals surface area contributed by atoms with Gasteiger partial charge in [0, 0.05) is 40.7 Å². The Labute approximate surface area is 197 Å². The number of morpholine rings is 1. The molecule has 2 saturated heterocycles. The van der Waals surface area contributed by atoms with Gasteiger partial charge in [-0.1, -0.05) is 56.1 Å². The molecule has 1 amide bonds. The van der Waals surface area contributed by atoms with E-state index in [1.165, 1.54) is 0 Å². The first-order valence-electron chi connectivity index (χ1n) is 10.1. The fourth-order valence-corrected chi connectivity index (χ4v) is 4.47. The van der Waals surface area contributed by atoms with Gasteiger partial charge in [0.2, 0.25) is 0 Å². The lowest BCUT2D eigenvalue weighted by molar-refractivity contribution is -0.140. The summed E-state index contributed by atoms with van der Waals surface area (Å²) in [6.45, 7) is 3.96. The van der Waals surface area contributed by atoms with E-state index in [9.17, 15) is 14.7 Å². The zero-order valence-corrected chi connectivity index (χ0v) is 19.9. The summed E-state index contributed by atoms with van der Waals surface area (Å²) < 4.78 is 7.15. The Morgan fingerprint density at radius 2 is 1.52 bits per heavy atom. The zero-order valence-electron chi connectivity index (χ0n) is 16.8. The molecule has 31 heavy (non-hydrogen) atoms. The number of halogens is 2. The van der Waals surface area contributed by atoms with Crippen molar-refractivity contribution in [3.8, 4) is 0 Å². The molecule has 2 aliphatic rings. The summed E-state index contributed by atoms with van der Waals surface area (Å²) in [6, 6.07) is 13.9. The maximum Gasteiger partial charge on any atom is 0.295 e. The van der Waals surface area contributed by atoms with Gasteiger partial charge >= 0.3 is 0 Å². The number of aliphatic hydroxyl groups is 1. The monoisotopic (exact) mass is 548 g/mol. The molecule has 6 nitrogen and oxygen atoms in total. The molecular weight excluding hydrogens is 528 g/mol. The van der Waals surface area contributed by atoms with Gasteiger partial charge < -0.3 is 14.7 Å². The molecule has 4 rings (SSSR count). The predicted octanol–water partition coefficient (Wildman–Crippen LogP) is 3.97. The fourth-order valence-electron chi connectivity index (χ4n) is 3.94. The molecule has 2 heterocycles. The van der Waals surface area contributed by atoms with Gasteiger partial charge in [0.05, 0.1) is 24.8 Å². The molecule has 2 aromatic rings. The summed E-state index contributed by atoms with van der Waals surface area (Å²) in [6.07, 6.45) is 0. The van der Waals surface area contributed by atoms with E-state index in [1.807, 2.05) is 24.3 Å². The second kappa shape index (κ2) is 9.65. The molecule has 0 unspecified atom stereocenters. The number of nitrogens with zero attached hydrogens (tertiary/aromatic N) is 2.